The number of amides is 1. The van der Waals surface area contributed by atoms with Crippen molar-refractivity contribution < 1.29 is 13.2 Å². The largest absolute Gasteiger partial charge is 0.344 e. The lowest BCUT2D eigenvalue weighted by molar-refractivity contribution is -0.122. The minimum absolute atomic E-state index is 0.169. The Balaban J connectivity index is 1.61. The van der Waals surface area contributed by atoms with Gasteiger partial charge in [0.2, 0.25) is 15.9 Å². The fourth-order valence-electron chi connectivity index (χ4n) is 4.62. The predicted octanol–water partition coefficient (Wildman–Crippen LogP) is 5.22. The third-order valence-electron chi connectivity index (χ3n) is 6.48. The molecule has 34 heavy (non-hydrogen) atoms. The van der Waals surface area contributed by atoms with Crippen LogP contribution in [0.1, 0.15) is 54.8 Å². The molecule has 0 saturated heterocycles. The van der Waals surface area contributed by atoms with E-state index in [-0.39, 0.29) is 29.4 Å². The zero-order chi connectivity index (χ0) is 24.0. The van der Waals surface area contributed by atoms with Crippen LogP contribution >= 0.6 is 0 Å². The van der Waals surface area contributed by atoms with E-state index in [1.807, 2.05) is 67.6 Å². The van der Waals surface area contributed by atoms with Gasteiger partial charge < -0.3 is 5.32 Å². The summed E-state index contributed by atoms with van der Waals surface area (Å²) in [6.45, 7) is 1.73. The molecule has 0 atom stereocenters. The molecule has 0 bridgehead atoms. The van der Waals surface area contributed by atoms with E-state index < -0.39 is 10.0 Å². The Kier molecular flexibility index (Phi) is 7.80. The van der Waals surface area contributed by atoms with Crippen molar-refractivity contribution in [2.45, 2.75) is 56.0 Å². The van der Waals surface area contributed by atoms with E-state index in [1.54, 1.807) is 24.3 Å². The van der Waals surface area contributed by atoms with Crippen LogP contribution < -0.4 is 5.32 Å². The van der Waals surface area contributed by atoms with Crippen molar-refractivity contribution in [1.29, 1.82) is 0 Å². The Hall–Kier alpha value is -2.96. The highest BCUT2D eigenvalue weighted by Crippen LogP contribution is 2.28. The number of benzene rings is 3. The van der Waals surface area contributed by atoms with Crippen LogP contribution in [0.25, 0.3) is 0 Å². The molecule has 0 aliphatic heterocycles. The first-order chi connectivity index (χ1) is 16.4. The summed E-state index contributed by atoms with van der Waals surface area (Å²) in [4.78, 5) is 13.6. The summed E-state index contributed by atoms with van der Waals surface area (Å²) in [6, 6.07) is 25.9. The molecule has 3 aromatic carbocycles. The van der Waals surface area contributed by atoms with Crippen LogP contribution in [-0.4, -0.2) is 31.2 Å². The average molecular weight is 477 g/mol. The van der Waals surface area contributed by atoms with E-state index >= 15 is 0 Å². The Morgan fingerprint density at radius 3 is 1.91 bits per heavy atom. The van der Waals surface area contributed by atoms with Crippen LogP contribution in [0.4, 0.5) is 0 Å². The van der Waals surface area contributed by atoms with E-state index in [0.717, 1.165) is 48.8 Å². The number of carbonyl (C=O) groups excluding carboxylic acids is 1. The first-order valence-electron chi connectivity index (χ1n) is 11.9. The third kappa shape index (κ3) is 5.75. The molecule has 1 aliphatic rings. The van der Waals surface area contributed by atoms with Gasteiger partial charge in [-0.05, 0) is 43.0 Å². The van der Waals surface area contributed by atoms with Gasteiger partial charge in [-0.3, -0.25) is 4.79 Å². The average Bonchev–Trinajstić information content (AvgIpc) is 2.87. The molecule has 1 amide bonds. The summed E-state index contributed by atoms with van der Waals surface area (Å²) in [6.07, 6.45) is 4.61. The maximum atomic E-state index is 13.7. The lowest BCUT2D eigenvalue weighted by Crippen LogP contribution is -2.47. The number of aryl methyl sites for hydroxylation is 1. The van der Waals surface area contributed by atoms with E-state index in [9.17, 15) is 13.2 Å². The molecular formula is C28H32N2O3S. The number of nitrogens with zero attached hydrogens (tertiary/aromatic N) is 1. The minimum Gasteiger partial charge on any atom is -0.344 e. The van der Waals surface area contributed by atoms with Crippen LogP contribution in [0, 0.1) is 6.92 Å². The molecule has 1 saturated carbocycles. The molecule has 0 spiro atoms. The second kappa shape index (κ2) is 11.0. The standard InChI is InChI=1S/C28H32N2O3S/c1-22-17-19-26(20-18-22)34(32,33)30(25-15-9-4-10-16-25)21-27(31)29-28(23-11-5-2-6-12-23)24-13-7-3-8-14-24/h2-3,5-8,11-14,17-20,25,28H,4,9-10,15-16,21H2,1H3,(H,29,31). The molecule has 3 aromatic rings. The van der Waals surface area contributed by atoms with Gasteiger partial charge in [0.25, 0.3) is 0 Å². The van der Waals surface area contributed by atoms with Crippen LogP contribution in [0.5, 0.6) is 0 Å². The first-order valence-corrected chi connectivity index (χ1v) is 13.4. The van der Waals surface area contributed by atoms with E-state index in [0.29, 0.717) is 0 Å². The highest BCUT2D eigenvalue weighted by molar-refractivity contribution is 7.89. The number of carbonyl (C=O) groups is 1. The Labute approximate surface area is 202 Å². The van der Waals surface area contributed by atoms with Gasteiger partial charge in [0.05, 0.1) is 17.5 Å². The second-order valence-electron chi connectivity index (χ2n) is 8.98. The van der Waals surface area contributed by atoms with Gasteiger partial charge in [0.15, 0.2) is 0 Å². The predicted molar refractivity (Wildman–Crippen MR) is 135 cm³/mol. The molecule has 1 N–H and O–H groups in total. The lowest BCUT2D eigenvalue weighted by atomic mass is 9.95. The van der Waals surface area contributed by atoms with Gasteiger partial charge >= 0.3 is 0 Å². The number of hydrogen-bond donors (Lipinski definition) is 1. The van der Waals surface area contributed by atoms with Crippen molar-refractivity contribution in [1.82, 2.24) is 9.62 Å². The SMILES string of the molecule is Cc1ccc(S(=O)(=O)N(CC(=O)NC(c2ccccc2)c2ccccc2)C2CCCCC2)cc1. The molecule has 0 unspecified atom stereocenters. The number of hydrogen-bond acceptors (Lipinski definition) is 3. The summed E-state index contributed by atoms with van der Waals surface area (Å²) < 4.78 is 28.7. The Morgan fingerprint density at radius 2 is 1.38 bits per heavy atom. The van der Waals surface area contributed by atoms with E-state index in [2.05, 4.69) is 5.32 Å². The Bertz CT molecular complexity index is 1130. The van der Waals surface area contributed by atoms with E-state index in [1.165, 1.54) is 4.31 Å². The van der Waals surface area contributed by atoms with Crippen molar-refractivity contribution >= 4 is 15.9 Å². The summed E-state index contributed by atoms with van der Waals surface area (Å²) >= 11 is 0. The number of nitrogens with one attached hydrogen (secondary N) is 1. The normalized spacial score (nSPS) is 14.9. The third-order valence-corrected chi connectivity index (χ3v) is 8.39. The van der Waals surface area contributed by atoms with Gasteiger partial charge in [-0.25, -0.2) is 8.42 Å². The Morgan fingerprint density at radius 1 is 0.853 bits per heavy atom. The zero-order valence-electron chi connectivity index (χ0n) is 19.6. The molecule has 4 rings (SSSR count). The monoisotopic (exact) mass is 476 g/mol. The van der Waals surface area contributed by atoms with Crippen LogP contribution in [-0.2, 0) is 14.8 Å². The van der Waals surface area contributed by atoms with Crippen molar-refractivity contribution in [2.75, 3.05) is 6.54 Å². The number of rotatable bonds is 8. The maximum absolute atomic E-state index is 13.7. The fraction of sp³-hybridized carbons (Fsp3) is 0.321. The highest BCUT2D eigenvalue weighted by Gasteiger charge is 2.34. The molecule has 5 nitrogen and oxygen atoms in total. The smallest absolute Gasteiger partial charge is 0.243 e. The molecule has 6 heteroatoms. The summed E-state index contributed by atoms with van der Waals surface area (Å²) in [7, 11) is -3.81. The van der Waals surface area contributed by atoms with Gasteiger partial charge in [0, 0.05) is 6.04 Å². The fourth-order valence-corrected chi connectivity index (χ4v) is 6.26. The second-order valence-corrected chi connectivity index (χ2v) is 10.9. The quantitative estimate of drug-likeness (QED) is 0.484. The topological polar surface area (TPSA) is 66.5 Å². The number of sulfonamides is 1. The lowest BCUT2D eigenvalue weighted by Gasteiger charge is -2.33. The zero-order valence-corrected chi connectivity index (χ0v) is 20.4. The highest BCUT2D eigenvalue weighted by atomic mass is 32.2. The summed E-state index contributed by atoms with van der Waals surface area (Å²) in [5.74, 6) is -0.307. The van der Waals surface area contributed by atoms with Crippen molar-refractivity contribution in [3.63, 3.8) is 0 Å². The molecular weight excluding hydrogens is 444 g/mol. The van der Waals surface area contributed by atoms with Gasteiger partial charge in [-0.15, -0.1) is 0 Å². The summed E-state index contributed by atoms with van der Waals surface area (Å²) in [5.41, 5.74) is 2.90. The van der Waals surface area contributed by atoms with Crippen molar-refractivity contribution in [3.05, 3.63) is 102 Å². The minimum atomic E-state index is -3.81. The van der Waals surface area contributed by atoms with Crippen molar-refractivity contribution in [3.8, 4) is 0 Å². The van der Waals surface area contributed by atoms with E-state index in [4.69, 9.17) is 0 Å². The maximum Gasteiger partial charge on any atom is 0.243 e. The molecule has 1 aliphatic carbocycles. The van der Waals surface area contributed by atoms with Crippen LogP contribution in [0.2, 0.25) is 0 Å². The van der Waals surface area contributed by atoms with Gasteiger partial charge in [0.1, 0.15) is 0 Å². The molecule has 0 aromatic heterocycles. The molecule has 0 radical (unpaired) electrons. The summed E-state index contributed by atoms with van der Waals surface area (Å²) in [5, 5.41) is 3.11. The van der Waals surface area contributed by atoms with Gasteiger partial charge in [-0.1, -0.05) is 97.6 Å². The van der Waals surface area contributed by atoms with Crippen LogP contribution in [0.3, 0.4) is 0 Å². The molecule has 178 valence electrons. The van der Waals surface area contributed by atoms with Crippen LogP contribution in [0.15, 0.2) is 89.8 Å². The van der Waals surface area contributed by atoms with Crippen molar-refractivity contribution in [2.24, 2.45) is 0 Å². The van der Waals surface area contributed by atoms with Gasteiger partial charge in [-0.2, -0.15) is 4.31 Å². The first kappa shape index (κ1) is 24.2. The molecule has 0 heterocycles. The molecule has 1 fully saturated rings.